The Bertz CT molecular complexity index is 571. The Morgan fingerprint density at radius 1 is 1.25 bits per heavy atom. The first kappa shape index (κ1) is 12.9. The van der Waals surface area contributed by atoms with Crippen LogP contribution in [-0.2, 0) is 4.79 Å². The van der Waals surface area contributed by atoms with Gasteiger partial charge in [0.15, 0.2) is 0 Å². The molecule has 0 radical (unpaired) electrons. The number of rotatable bonds is 3. The van der Waals surface area contributed by atoms with Crippen LogP contribution in [0.4, 0.5) is 5.69 Å². The minimum absolute atomic E-state index is 0.154. The van der Waals surface area contributed by atoms with E-state index < -0.39 is 0 Å². The summed E-state index contributed by atoms with van der Waals surface area (Å²) in [5.41, 5.74) is 1.82. The van der Waals surface area contributed by atoms with Crippen molar-refractivity contribution in [3.63, 3.8) is 0 Å². The molecule has 4 nitrogen and oxygen atoms in total. The van der Waals surface area contributed by atoms with Crippen LogP contribution in [0.3, 0.4) is 0 Å². The number of hydrogen-bond donors (Lipinski definition) is 2. The molecule has 1 aromatic heterocycles. The first-order valence-electron chi connectivity index (χ1n) is 7.23. The lowest BCUT2D eigenvalue weighted by Gasteiger charge is -2.20. The van der Waals surface area contributed by atoms with Gasteiger partial charge in [-0.1, -0.05) is 31.4 Å². The van der Waals surface area contributed by atoms with E-state index in [2.05, 4.69) is 15.3 Å². The third-order valence-electron chi connectivity index (χ3n) is 3.88. The van der Waals surface area contributed by atoms with Gasteiger partial charge in [-0.15, -0.1) is 0 Å². The minimum atomic E-state index is 0.154. The van der Waals surface area contributed by atoms with Crippen molar-refractivity contribution in [3.8, 4) is 11.4 Å². The van der Waals surface area contributed by atoms with Gasteiger partial charge in [-0.25, -0.2) is 4.98 Å². The summed E-state index contributed by atoms with van der Waals surface area (Å²) in [4.78, 5) is 19.5. The van der Waals surface area contributed by atoms with Crippen molar-refractivity contribution in [3.05, 3.63) is 36.7 Å². The quantitative estimate of drug-likeness (QED) is 0.894. The summed E-state index contributed by atoms with van der Waals surface area (Å²) >= 11 is 0. The average Bonchev–Trinajstić information content (AvgIpc) is 3.03. The number of aromatic nitrogens is 2. The molecule has 104 valence electrons. The molecular formula is C16H19N3O. The van der Waals surface area contributed by atoms with E-state index >= 15 is 0 Å². The molecule has 0 saturated heterocycles. The number of H-pyrrole nitrogens is 1. The van der Waals surface area contributed by atoms with Crippen molar-refractivity contribution in [2.75, 3.05) is 5.32 Å². The van der Waals surface area contributed by atoms with E-state index in [1.807, 2.05) is 24.3 Å². The molecule has 0 atom stereocenters. The summed E-state index contributed by atoms with van der Waals surface area (Å²) in [5, 5.41) is 3.03. The molecule has 1 aliphatic carbocycles. The van der Waals surface area contributed by atoms with Crippen LogP contribution in [0.2, 0.25) is 0 Å². The molecule has 0 bridgehead atoms. The predicted molar refractivity (Wildman–Crippen MR) is 79.2 cm³/mol. The van der Waals surface area contributed by atoms with Crippen LogP contribution in [0.25, 0.3) is 11.4 Å². The lowest BCUT2D eigenvalue weighted by atomic mass is 9.88. The van der Waals surface area contributed by atoms with Gasteiger partial charge in [0.2, 0.25) is 5.91 Å². The van der Waals surface area contributed by atoms with E-state index in [0.717, 1.165) is 29.9 Å². The van der Waals surface area contributed by atoms with E-state index in [1.165, 1.54) is 19.3 Å². The second-order valence-electron chi connectivity index (χ2n) is 5.34. The fraction of sp³-hybridized carbons (Fsp3) is 0.375. The van der Waals surface area contributed by atoms with Crippen molar-refractivity contribution in [1.82, 2.24) is 9.97 Å². The molecule has 0 spiro atoms. The molecule has 0 unspecified atom stereocenters. The summed E-state index contributed by atoms with van der Waals surface area (Å²) < 4.78 is 0. The van der Waals surface area contributed by atoms with Crippen molar-refractivity contribution in [1.29, 1.82) is 0 Å². The number of nitrogens with one attached hydrogen (secondary N) is 2. The number of amides is 1. The number of carbonyl (C=O) groups is 1. The maximum Gasteiger partial charge on any atom is 0.227 e. The highest BCUT2D eigenvalue weighted by molar-refractivity contribution is 5.93. The number of anilines is 1. The van der Waals surface area contributed by atoms with E-state index in [9.17, 15) is 4.79 Å². The largest absolute Gasteiger partial charge is 0.345 e. The van der Waals surface area contributed by atoms with E-state index in [1.54, 1.807) is 12.4 Å². The topological polar surface area (TPSA) is 57.8 Å². The molecule has 1 heterocycles. The monoisotopic (exact) mass is 269 g/mol. The number of aromatic amines is 1. The second-order valence-corrected chi connectivity index (χ2v) is 5.34. The Morgan fingerprint density at radius 3 is 2.85 bits per heavy atom. The number of hydrogen-bond acceptors (Lipinski definition) is 2. The van der Waals surface area contributed by atoms with Gasteiger partial charge in [0.1, 0.15) is 5.82 Å². The molecule has 1 amide bonds. The van der Waals surface area contributed by atoms with Crippen molar-refractivity contribution >= 4 is 11.6 Å². The minimum Gasteiger partial charge on any atom is -0.345 e. The number of carbonyl (C=O) groups excluding carboxylic acids is 1. The van der Waals surface area contributed by atoms with Gasteiger partial charge in [-0.05, 0) is 25.0 Å². The van der Waals surface area contributed by atoms with E-state index in [0.29, 0.717) is 0 Å². The SMILES string of the molecule is O=C(Nc1cccc(-c2ncc[nH]2)c1)C1CCCCC1. The maximum atomic E-state index is 12.2. The molecule has 2 aromatic rings. The third kappa shape index (κ3) is 2.90. The van der Waals surface area contributed by atoms with Crippen molar-refractivity contribution in [2.24, 2.45) is 5.92 Å². The predicted octanol–water partition coefficient (Wildman–Crippen LogP) is 3.60. The lowest BCUT2D eigenvalue weighted by Crippen LogP contribution is -2.24. The summed E-state index contributed by atoms with van der Waals surface area (Å²) in [7, 11) is 0. The first-order chi connectivity index (χ1) is 9.83. The van der Waals surface area contributed by atoms with Crippen LogP contribution in [-0.4, -0.2) is 15.9 Å². The Hall–Kier alpha value is -2.10. The maximum absolute atomic E-state index is 12.2. The van der Waals surface area contributed by atoms with Crippen molar-refractivity contribution < 1.29 is 4.79 Å². The Labute approximate surface area is 118 Å². The van der Waals surface area contributed by atoms with Gasteiger partial charge < -0.3 is 10.3 Å². The normalized spacial score (nSPS) is 16.0. The third-order valence-corrected chi connectivity index (χ3v) is 3.88. The first-order valence-corrected chi connectivity index (χ1v) is 7.23. The zero-order chi connectivity index (χ0) is 13.8. The highest BCUT2D eigenvalue weighted by Gasteiger charge is 2.21. The Balaban J connectivity index is 1.71. The van der Waals surface area contributed by atoms with Gasteiger partial charge >= 0.3 is 0 Å². The van der Waals surface area contributed by atoms with Crippen LogP contribution in [0.5, 0.6) is 0 Å². The van der Waals surface area contributed by atoms with Crippen molar-refractivity contribution in [2.45, 2.75) is 32.1 Å². The molecule has 1 aliphatic rings. The fourth-order valence-electron chi connectivity index (χ4n) is 2.78. The highest BCUT2D eigenvalue weighted by Crippen LogP contribution is 2.26. The van der Waals surface area contributed by atoms with Gasteiger partial charge in [-0.3, -0.25) is 4.79 Å². The average molecular weight is 269 g/mol. The highest BCUT2D eigenvalue weighted by atomic mass is 16.1. The summed E-state index contributed by atoms with van der Waals surface area (Å²) in [6.07, 6.45) is 9.16. The van der Waals surface area contributed by atoms with E-state index in [-0.39, 0.29) is 11.8 Å². The van der Waals surface area contributed by atoms with Gasteiger partial charge in [0.05, 0.1) is 0 Å². The molecule has 3 rings (SSSR count). The lowest BCUT2D eigenvalue weighted by molar-refractivity contribution is -0.120. The number of imidazole rings is 1. The summed E-state index contributed by atoms with van der Waals surface area (Å²) in [6, 6.07) is 7.80. The molecule has 1 aromatic carbocycles. The zero-order valence-corrected chi connectivity index (χ0v) is 11.4. The molecule has 2 N–H and O–H groups in total. The van der Waals surface area contributed by atoms with Crippen LogP contribution >= 0.6 is 0 Å². The Morgan fingerprint density at radius 2 is 2.10 bits per heavy atom. The number of benzene rings is 1. The standard InChI is InChI=1S/C16H19N3O/c20-16(12-5-2-1-3-6-12)19-14-8-4-7-13(11-14)15-17-9-10-18-15/h4,7-12H,1-3,5-6H2,(H,17,18)(H,19,20). The van der Waals surface area contributed by atoms with Gasteiger partial charge in [-0.2, -0.15) is 0 Å². The molecule has 0 aliphatic heterocycles. The fourth-order valence-corrected chi connectivity index (χ4v) is 2.78. The molecule has 20 heavy (non-hydrogen) atoms. The van der Waals surface area contributed by atoms with Gasteiger partial charge in [0, 0.05) is 29.6 Å². The van der Waals surface area contributed by atoms with Crippen LogP contribution in [0, 0.1) is 5.92 Å². The van der Waals surface area contributed by atoms with Crippen LogP contribution in [0.1, 0.15) is 32.1 Å². The molecule has 1 saturated carbocycles. The van der Waals surface area contributed by atoms with E-state index in [4.69, 9.17) is 0 Å². The van der Waals surface area contributed by atoms with Crippen LogP contribution < -0.4 is 5.32 Å². The molecular weight excluding hydrogens is 250 g/mol. The van der Waals surface area contributed by atoms with Gasteiger partial charge in [0.25, 0.3) is 0 Å². The summed E-state index contributed by atoms with van der Waals surface area (Å²) in [5.74, 6) is 1.15. The Kier molecular flexibility index (Phi) is 3.81. The van der Waals surface area contributed by atoms with Crippen LogP contribution in [0.15, 0.2) is 36.7 Å². The smallest absolute Gasteiger partial charge is 0.227 e. The number of nitrogens with zero attached hydrogens (tertiary/aromatic N) is 1. The molecule has 1 fully saturated rings. The summed E-state index contributed by atoms with van der Waals surface area (Å²) in [6.45, 7) is 0. The zero-order valence-electron chi connectivity index (χ0n) is 11.4. The molecule has 4 heteroatoms. The second kappa shape index (κ2) is 5.90.